The third-order valence-corrected chi connectivity index (χ3v) is 4.71. The van der Waals surface area contributed by atoms with Crippen LogP contribution in [0.5, 0.6) is 0 Å². The van der Waals surface area contributed by atoms with Crippen molar-refractivity contribution in [3.05, 3.63) is 35.9 Å². The highest BCUT2D eigenvalue weighted by Crippen LogP contribution is 2.48. The molecule has 3 atom stereocenters. The highest BCUT2D eigenvalue weighted by molar-refractivity contribution is 5.76. The van der Waals surface area contributed by atoms with Crippen molar-refractivity contribution in [2.75, 3.05) is 13.1 Å². The SMILES string of the molecule is CC(C)(C)OC(=O)[C@H]1C[C@H]1C1CCN(Cc2ccccc2)C1. The Morgan fingerprint density at radius 1 is 1.27 bits per heavy atom. The number of benzene rings is 1. The lowest BCUT2D eigenvalue weighted by molar-refractivity contribution is -0.157. The van der Waals surface area contributed by atoms with Gasteiger partial charge < -0.3 is 4.74 Å². The van der Waals surface area contributed by atoms with Gasteiger partial charge in [0.25, 0.3) is 0 Å². The Kier molecular flexibility index (Phi) is 4.26. The smallest absolute Gasteiger partial charge is 0.309 e. The van der Waals surface area contributed by atoms with Crippen LogP contribution in [0.4, 0.5) is 0 Å². The number of carbonyl (C=O) groups excluding carboxylic acids is 1. The van der Waals surface area contributed by atoms with Gasteiger partial charge in [-0.25, -0.2) is 0 Å². The van der Waals surface area contributed by atoms with Crippen LogP contribution in [0.3, 0.4) is 0 Å². The molecule has 1 saturated heterocycles. The molecule has 1 aromatic carbocycles. The lowest BCUT2D eigenvalue weighted by Crippen LogP contribution is -2.26. The Hall–Kier alpha value is -1.35. The van der Waals surface area contributed by atoms with E-state index in [2.05, 4.69) is 35.2 Å². The Balaban J connectivity index is 1.47. The normalized spacial score (nSPS) is 28.6. The second-order valence-electron chi connectivity index (χ2n) is 7.81. The van der Waals surface area contributed by atoms with Gasteiger partial charge in [0.2, 0.25) is 0 Å². The monoisotopic (exact) mass is 301 g/mol. The summed E-state index contributed by atoms with van der Waals surface area (Å²) in [5.41, 5.74) is 1.02. The highest BCUT2D eigenvalue weighted by atomic mass is 16.6. The summed E-state index contributed by atoms with van der Waals surface area (Å²) in [4.78, 5) is 14.6. The molecule has 1 heterocycles. The first-order valence-corrected chi connectivity index (χ1v) is 8.41. The van der Waals surface area contributed by atoms with Crippen LogP contribution in [0, 0.1) is 17.8 Å². The average Bonchev–Trinajstić information content (AvgIpc) is 3.12. The zero-order valence-corrected chi connectivity index (χ0v) is 13.9. The number of esters is 1. The molecule has 3 rings (SSSR count). The molecule has 1 aliphatic carbocycles. The lowest BCUT2D eigenvalue weighted by Gasteiger charge is -2.20. The van der Waals surface area contributed by atoms with Crippen molar-refractivity contribution in [3.63, 3.8) is 0 Å². The number of ether oxygens (including phenoxy) is 1. The Morgan fingerprint density at radius 2 is 2.00 bits per heavy atom. The first-order chi connectivity index (χ1) is 10.4. The third kappa shape index (κ3) is 3.89. The topological polar surface area (TPSA) is 29.5 Å². The van der Waals surface area contributed by atoms with Gasteiger partial charge >= 0.3 is 5.97 Å². The van der Waals surface area contributed by atoms with Crippen molar-refractivity contribution >= 4 is 5.97 Å². The summed E-state index contributed by atoms with van der Waals surface area (Å²) in [5, 5.41) is 0. The number of carbonyl (C=O) groups is 1. The zero-order chi connectivity index (χ0) is 15.7. The first kappa shape index (κ1) is 15.5. The molecular weight excluding hydrogens is 274 g/mol. The average molecular weight is 301 g/mol. The second-order valence-corrected chi connectivity index (χ2v) is 7.81. The van der Waals surface area contributed by atoms with Crippen molar-refractivity contribution in [2.24, 2.45) is 17.8 Å². The van der Waals surface area contributed by atoms with Gasteiger partial charge in [-0.3, -0.25) is 9.69 Å². The molecule has 3 heteroatoms. The van der Waals surface area contributed by atoms with E-state index in [0.29, 0.717) is 11.8 Å². The van der Waals surface area contributed by atoms with E-state index in [-0.39, 0.29) is 17.5 Å². The van der Waals surface area contributed by atoms with Crippen LogP contribution in [-0.4, -0.2) is 29.6 Å². The maximum atomic E-state index is 12.1. The number of hydrogen-bond donors (Lipinski definition) is 0. The largest absolute Gasteiger partial charge is 0.460 e. The summed E-state index contributed by atoms with van der Waals surface area (Å²) < 4.78 is 5.52. The van der Waals surface area contributed by atoms with Crippen molar-refractivity contribution < 1.29 is 9.53 Å². The molecule has 0 bridgehead atoms. The first-order valence-electron chi connectivity index (χ1n) is 8.41. The minimum absolute atomic E-state index is 0.0130. The second kappa shape index (κ2) is 6.04. The van der Waals surface area contributed by atoms with E-state index < -0.39 is 0 Å². The van der Waals surface area contributed by atoms with Crippen molar-refractivity contribution in [3.8, 4) is 0 Å². The van der Waals surface area contributed by atoms with E-state index in [9.17, 15) is 4.79 Å². The molecule has 0 aromatic heterocycles. The van der Waals surface area contributed by atoms with Gasteiger partial charge in [0, 0.05) is 13.1 Å². The molecule has 0 spiro atoms. The van der Waals surface area contributed by atoms with Gasteiger partial charge in [-0.05, 0) is 57.6 Å². The van der Waals surface area contributed by atoms with Crippen LogP contribution in [0.15, 0.2) is 30.3 Å². The summed E-state index contributed by atoms with van der Waals surface area (Å²) in [5.74, 6) is 1.39. The number of hydrogen-bond acceptors (Lipinski definition) is 3. The van der Waals surface area contributed by atoms with Crippen LogP contribution in [-0.2, 0) is 16.1 Å². The molecule has 1 aliphatic heterocycles. The van der Waals surface area contributed by atoms with Gasteiger partial charge in [-0.1, -0.05) is 30.3 Å². The van der Waals surface area contributed by atoms with Gasteiger partial charge in [-0.2, -0.15) is 0 Å². The molecule has 1 saturated carbocycles. The Labute approximate surface area is 133 Å². The molecule has 2 fully saturated rings. The number of likely N-dealkylation sites (tertiary alicyclic amines) is 1. The molecule has 0 radical (unpaired) electrons. The minimum Gasteiger partial charge on any atom is -0.460 e. The van der Waals surface area contributed by atoms with E-state index in [1.165, 1.54) is 12.0 Å². The Bertz CT molecular complexity index is 520. The summed E-state index contributed by atoms with van der Waals surface area (Å²) in [6.45, 7) is 9.13. The third-order valence-electron chi connectivity index (χ3n) is 4.71. The van der Waals surface area contributed by atoms with E-state index >= 15 is 0 Å². The highest BCUT2D eigenvalue weighted by Gasteiger charge is 2.50. The summed E-state index contributed by atoms with van der Waals surface area (Å²) in [7, 11) is 0. The van der Waals surface area contributed by atoms with E-state index in [1.54, 1.807) is 0 Å². The van der Waals surface area contributed by atoms with Gasteiger partial charge in [-0.15, -0.1) is 0 Å². The van der Waals surface area contributed by atoms with Crippen LogP contribution in [0.2, 0.25) is 0 Å². The quantitative estimate of drug-likeness (QED) is 0.797. The molecule has 2 aliphatic rings. The summed E-state index contributed by atoms with van der Waals surface area (Å²) in [6.07, 6.45) is 2.25. The van der Waals surface area contributed by atoms with E-state index in [0.717, 1.165) is 26.1 Å². The fraction of sp³-hybridized carbons (Fsp3) is 0.632. The molecule has 0 N–H and O–H groups in total. The fourth-order valence-corrected chi connectivity index (χ4v) is 3.58. The predicted molar refractivity (Wildman–Crippen MR) is 87.3 cm³/mol. The minimum atomic E-state index is -0.362. The molecule has 0 amide bonds. The maximum absolute atomic E-state index is 12.1. The number of rotatable bonds is 4. The molecule has 3 nitrogen and oxygen atoms in total. The molecular formula is C19H27NO2. The van der Waals surface area contributed by atoms with Crippen LogP contribution in [0.1, 0.15) is 39.2 Å². The molecule has 22 heavy (non-hydrogen) atoms. The van der Waals surface area contributed by atoms with Crippen molar-refractivity contribution in [2.45, 2.75) is 45.8 Å². The van der Waals surface area contributed by atoms with Gasteiger partial charge in [0.1, 0.15) is 5.60 Å². The standard InChI is InChI=1S/C19H27NO2/c1-19(2,3)22-18(21)17-11-16(17)15-9-10-20(13-15)12-14-7-5-4-6-8-14/h4-8,15-17H,9-13H2,1-3H3/t15?,16-,17-/m0/s1. The zero-order valence-electron chi connectivity index (χ0n) is 13.9. The predicted octanol–water partition coefficient (Wildman–Crippen LogP) is 3.49. The Morgan fingerprint density at radius 3 is 2.68 bits per heavy atom. The molecule has 1 aromatic rings. The van der Waals surface area contributed by atoms with Crippen molar-refractivity contribution in [1.82, 2.24) is 4.90 Å². The van der Waals surface area contributed by atoms with Crippen LogP contribution < -0.4 is 0 Å². The molecule has 120 valence electrons. The van der Waals surface area contributed by atoms with Gasteiger partial charge in [0.15, 0.2) is 0 Å². The summed E-state index contributed by atoms with van der Waals surface area (Å²) in [6, 6.07) is 10.6. The van der Waals surface area contributed by atoms with Gasteiger partial charge in [0.05, 0.1) is 5.92 Å². The van der Waals surface area contributed by atoms with E-state index in [4.69, 9.17) is 4.74 Å². The summed E-state index contributed by atoms with van der Waals surface area (Å²) >= 11 is 0. The fourth-order valence-electron chi connectivity index (χ4n) is 3.58. The number of nitrogens with zero attached hydrogens (tertiary/aromatic N) is 1. The van der Waals surface area contributed by atoms with Crippen molar-refractivity contribution in [1.29, 1.82) is 0 Å². The lowest BCUT2D eigenvalue weighted by atomic mass is 10.0. The molecule has 1 unspecified atom stereocenters. The van der Waals surface area contributed by atoms with Crippen LogP contribution >= 0.6 is 0 Å². The van der Waals surface area contributed by atoms with Crippen LogP contribution in [0.25, 0.3) is 0 Å². The maximum Gasteiger partial charge on any atom is 0.309 e. The van der Waals surface area contributed by atoms with E-state index in [1.807, 2.05) is 20.8 Å².